The third-order valence-electron chi connectivity index (χ3n) is 1.54. The van der Waals surface area contributed by atoms with Gasteiger partial charge in [-0.2, -0.15) is 0 Å². The summed E-state index contributed by atoms with van der Waals surface area (Å²) in [5, 5.41) is 7.62. The van der Waals surface area contributed by atoms with Crippen LogP contribution < -0.4 is 0 Å². The number of halogens is 1. The maximum Gasteiger partial charge on any atom is 0.337 e. The standard InChI is InChI=1S/C8H8O2.C3H5FO2/c1-10-8(9)7-5-3-2-4-6-7;1-2(4)3(5)6/h2-6H,1H3;2H,1H3,(H,5,6). The van der Waals surface area contributed by atoms with Crippen molar-refractivity contribution in [1.82, 2.24) is 0 Å². The molecule has 5 heteroatoms. The Kier molecular flexibility index (Phi) is 6.51. The number of carboxylic acids is 1. The molecule has 88 valence electrons. The van der Waals surface area contributed by atoms with Crippen LogP contribution >= 0.6 is 0 Å². The van der Waals surface area contributed by atoms with E-state index in [1.165, 1.54) is 7.11 Å². The van der Waals surface area contributed by atoms with E-state index in [0.29, 0.717) is 5.56 Å². The molecule has 1 aromatic rings. The van der Waals surface area contributed by atoms with Gasteiger partial charge >= 0.3 is 11.9 Å². The van der Waals surface area contributed by atoms with Crippen LogP contribution in [-0.2, 0) is 9.53 Å². The first-order chi connectivity index (χ1) is 7.49. The molecular formula is C11H13FO4. The van der Waals surface area contributed by atoms with E-state index in [0.717, 1.165) is 6.92 Å². The van der Waals surface area contributed by atoms with E-state index in [4.69, 9.17) is 5.11 Å². The van der Waals surface area contributed by atoms with Crippen LogP contribution in [0.5, 0.6) is 0 Å². The van der Waals surface area contributed by atoms with Crippen LogP contribution in [-0.4, -0.2) is 30.3 Å². The molecule has 1 N–H and O–H groups in total. The Balaban J connectivity index is 0.000000325. The maximum atomic E-state index is 11.2. The predicted octanol–water partition coefficient (Wildman–Crippen LogP) is 1.90. The van der Waals surface area contributed by atoms with Crippen LogP contribution in [0.3, 0.4) is 0 Å². The van der Waals surface area contributed by atoms with Crippen molar-refractivity contribution in [2.24, 2.45) is 0 Å². The number of methoxy groups -OCH3 is 1. The molecule has 0 saturated carbocycles. The second kappa shape index (κ2) is 7.39. The summed E-state index contributed by atoms with van der Waals surface area (Å²) < 4.78 is 15.7. The largest absolute Gasteiger partial charge is 0.479 e. The lowest BCUT2D eigenvalue weighted by Gasteiger charge is -1.95. The summed E-state index contributed by atoms with van der Waals surface area (Å²) >= 11 is 0. The zero-order valence-electron chi connectivity index (χ0n) is 9.01. The monoisotopic (exact) mass is 228 g/mol. The second-order valence-electron chi connectivity index (χ2n) is 2.81. The number of aliphatic carboxylic acids is 1. The first-order valence-corrected chi connectivity index (χ1v) is 4.49. The smallest absolute Gasteiger partial charge is 0.337 e. The fraction of sp³-hybridized carbons (Fsp3) is 0.273. The summed E-state index contributed by atoms with van der Waals surface area (Å²) in [4.78, 5) is 20.1. The van der Waals surface area contributed by atoms with Gasteiger partial charge in [0.2, 0.25) is 0 Å². The lowest BCUT2D eigenvalue weighted by Crippen LogP contribution is -2.08. The number of carboxylic acid groups (broad SMARTS) is 1. The van der Waals surface area contributed by atoms with Crippen molar-refractivity contribution in [3.63, 3.8) is 0 Å². The highest BCUT2D eigenvalue weighted by Crippen LogP contribution is 1.98. The number of hydrogen-bond donors (Lipinski definition) is 1. The number of esters is 1. The number of carbonyl (C=O) groups excluding carboxylic acids is 1. The molecule has 1 atom stereocenters. The molecule has 0 fully saturated rings. The van der Waals surface area contributed by atoms with Crippen molar-refractivity contribution < 1.29 is 23.8 Å². The van der Waals surface area contributed by atoms with Gasteiger partial charge in [-0.25, -0.2) is 14.0 Å². The Morgan fingerprint density at radius 2 is 1.75 bits per heavy atom. The first kappa shape index (κ1) is 14.1. The lowest BCUT2D eigenvalue weighted by atomic mass is 10.2. The molecule has 0 radical (unpaired) electrons. The molecule has 0 heterocycles. The van der Waals surface area contributed by atoms with Gasteiger partial charge in [0.25, 0.3) is 0 Å². The minimum absolute atomic E-state index is 0.291. The maximum absolute atomic E-state index is 11.2. The summed E-state index contributed by atoms with van der Waals surface area (Å²) in [5.74, 6) is -1.70. The number of benzene rings is 1. The molecule has 0 saturated heterocycles. The molecule has 16 heavy (non-hydrogen) atoms. The van der Waals surface area contributed by atoms with Crippen molar-refractivity contribution in [2.45, 2.75) is 13.1 Å². The average Bonchev–Trinajstić information content (AvgIpc) is 2.30. The third kappa shape index (κ3) is 5.74. The average molecular weight is 228 g/mol. The molecule has 0 amide bonds. The van der Waals surface area contributed by atoms with Crippen LogP contribution in [0.25, 0.3) is 0 Å². The minimum Gasteiger partial charge on any atom is -0.479 e. The van der Waals surface area contributed by atoms with Gasteiger partial charge in [-0.05, 0) is 19.1 Å². The van der Waals surface area contributed by atoms with Crippen LogP contribution in [0.4, 0.5) is 4.39 Å². The van der Waals surface area contributed by atoms with Crippen LogP contribution in [0, 0.1) is 0 Å². The quantitative estimate of drug-likeness (QED) is 0.785. The van der Waals surface area contributed by atoms with E-state index in [9.17, 15) is 14.0 Å². The number of ether oxygens (including phenoxy) is 1. The Bertz CT molecular complexity index is 335. The lowest BCUT2D eigenvalue weighted by molar-refractivity contribution is -0.142. The summed E-state index contributed by atoms with van der Waals surface area (Å²) in [6.45, 7) is 0.975. The Morgan fingerprint density at radius 3 is 2.06 bits per heavy atom. The van der Waals surface area contributed by atoms with Gasteiger partial charge in [-0.1, -0.05) is 18.2 Å². The molecule has 0 aromatic heterocycles. The molecule has 0 spiro atoms. The number of hydrogen-bond acceptors (Lipinski definition) is 3. The van der Waals surface area contributed by atoms with Gasteiger partial charge in [0.1, 0.15) is 0 Å². The van der Waals surface area contributed by atoms with Crippen molar-refractivity contribution in [2.75, 3.05) is 7.11 Å². The van der Waals surface area contributed by atoms with Gasteiger partial charge in [-0.3, -0.25) is 0 Å². The van der Waals surface area contributed by atoms with Crippen molar-refractivity contribution >= 4 is 11.9 Å². The first-order valence-electron chi connectivity index (χ1n) is 4.49. The highest BCUT2D eigenvalue weighted by Gasteiger charge is 2.04. The van der Waals surface area contributed by atoms with E-state index in [1.54, 1.807) is 24.3 Å². The number of carbonyl (C=O) groups is 2. The molecule has 4 nitrogen and oxygen atoms in total. The van der Waals surface area contributed by atoms with Crippen molar-refractivity contribution in [3.8, 4) is 0 Å². The van der Waals surface area contributed by atoms with E-state index in [-0.39, 0.29) is 5.97 Å². The molecular weight excluding hydrogens is 215 g/mol. The van der Waals surface area contributed by atoms with E-state index >= 15 is 0 Å². The van der Waals surface area contributed by atoms with E-state index < -0.39 is 12.1 Å². The van der Waals surface area contributed by atoms with Crippen molar-refractivity contribution in [1.29, 1.82) is 0 Å². The molecule has 0 aliphatic rings. The normalized spacial score (nSPS) is 10.7. The van der Waals surface area contributed by atoms with Gasteiger partial charge in [0, 0.05) is 0 Å². The highest BCUT2D eigenvalue weighted by atomic mass is 19.1. The summed E-state index contributed by atoms with van der Waals surface area (Å²) in [6, 6.07) is 8.88. The Morgan fingerprint density at radius 1 is 1.31 bits per heavy atom. The van der Waals surface area contributed by atoms with Gasteiger partial charge < -0.3 is 9.84 Å². The van der Waals surface area contributed by atoms with Crippen LogP contribution in [0.15, 0.2) is 30.3 Å². The van der Waals surface area contributed by atoms with Gasteiger partial charge in [-0.15, -0.1) is 0 Å². The van der Waals surface area contributed by atoms with Gasteiger partial charge in [0.05, 0.1) is 12.7 Å². The fourth-order valence-electron chi connectivity index (χ4n) is 0.692. The summed E-state index contributed by atoms with van der Waals surface area (Å²) in [5.41, 5.74) is 0.588. The molecule has 1 unspecified atom stereocenters. The zero-order chi connectivity index (χ0) is 12.6. The predicted molar refractivity (Wildman–Crippen MR) is 56.0 cm³/mol. The number of alkyl halides is 1. The summed E-state index contributed by atoms with van der Waals surface area (Å²) in [7, 11) is 1.37. The second-order valence-corrected chi connectivity index (χ2v) is 2.81. The topological polar surface area (TPSA) is 63.6 Å². The van der Waals surface area contributed by atoms with Crippen LogP contribution in [0.1, 0.15) is 17.3 Å². The van der Waals surface area contributed by atoms with Crippen molar-refractivity contribution in [3.05, 3.63) is 35.9 Å². The molecule has 0 aliphatic carbocycles. The Labute approximate surface area is 92.7 Å². The zero-order valence-corrected chi connectivity index (χ0v) is 9.01. The Hall–Kier alpha value is -1.91. The fourth-order valence-corrected chi connectivity index (χ4v) is 0.692. The third-order valence-corrected chi connectivity index (χ3v) is 1.54. The number of rotatable bonds is 2. The van der Waals surface area contributed by atoms with E-state index in [2.05, 4.69) is 4.74 Å². The highest BCUT2D eigenvalue weighted by molar-refractivity contribution is 5.89. The molecule has 1 rings (SSSR count). The van der Waals surface area contributed by atoms with Crippen LogP contribution in [0.2, 0.25) is 0 Å². The molecule has 0 aliphatic heterocycles. The summed E-state index contributed by atoms with van der Waals surface area (Å²) in [6.07, 6.45) is -1.73. The molecule has 0 bridgehead atoms. The van der Waals surface area contributed by atoms with E-state index in [1.807, 2.05) is 6.07 Å². The SMILES string of the molecule is CC(F)C(=O)O.COC(=O)c1ccccc1. The molecule has 1 aromatic carbocycles. The minimum atomic E-state index is -1.73. The van der Waals surface area contributed by atoms with Gasteiger partial charge in [0.15, 0.2) is 6.17 Å².